The SMILES string of the molecule is C[Si](C)(C)Oc1ccc2c(=O)c(-c3cn([Si](C)(C)C)cn3)coc2c1. The Balaban J connectivity index is 2.05. The predicted octanol–water partition coefficient (Wildman–Crippen LogP) is 4.55. The first-order valence-electron chi connectivity index (χ1n) is 8.34. The third kappa shape index (κ3) is 3.77. The van der Waals surface area contributed by atoms with E-state index in [0.717, 1.165) is 5.75 Å². The first-order valence-corrected chi connectivity index (χ1v) is 15.2. The molecule has 0 unspecified atom stereocenters. The van der Waals surface area contributed by atoms with Crippen LogP contribution in [0.3, 0.4) is 0 Å². The zero-order chi connectivity index (χ0) is 18.4. The third-order valence-corrected chi connectivity index (χ3v) is 6.45. The van der Waals surface area contributed by atoms with Gasteiger partial charge in [-0.25, -0.2) is 4.98 Å². The predicted molar refractivity (Wildman–Crippen MR) is 106 cm³/mol. The van der Waals surface area contributed by atoms with Gasteiger partial charge in [-0.3, -0.25) is 4.79 Å². The standard InChI is InChI=1S/C18H24N2O3Si2/c1-24(2,3)20-10-16(19-12-20)15-11-22-17-9-13(23-25(4,5)6)7-8-14(17)18(15)21/h7-12H,1-6H3. The van der Waals surface area contributed by atoms with Gasteiger partial charge in [0, 0.05) is 12.3 Å². The van der Waals surface area contributed by atoms with Crippen LogP contribution in [0.2, 0.25) is 39.3 Å². The van der Waals surface area contributed by atoms with Gasteiger partial charge in [0.15, 0.2) is 8.24 Å². The summed E-state index contributed by atoms with van der Waals surface area (Å²) in [6.07, 6.45) is 5.24. The van der Waals surface area contributed by atoms with Gasteiger partial charge in [0.1, 0.15) is 17.6 Å². The number of aromatic nitrogens is 2. The molecule has 25 heavy (non-hydrogen) atoms. The van der Waals surface area contributed by atoms with E-state index in [1.165, 1.54) is 6.26 Å². The summed E-state index contributed by atoms with van der Waals surface area (Å²) in [4.78, 5) is 17.3. The highest BCUT2D eigenvalue weighted by atomic mass is 28.4. The number of hydrogen-bond donors (Lipinski definition) is 0. The fourth-order valence-electron chi connectivity index (χ4n) is 2.53. The molecule has 0 atom stereocenters. The molecule has 2 heterocycles. The Bertz CT molecular complexity index is 978. The van der Waals surface area contributed by atoms with Crippen LogP contribution in [0, 0.1) is 0 Å². The maximum Gasteiger partial charge on any atom is 0.242 e. The van der Waals surface area contributed by atoms with Crippen molar-refractivity contribution in [3.8, 4) is 17.0 Å². The second-order valence-electron chi connectivity index (χ2n) is 8.19. The number of benzene rings is 1. The summed E-state index contributed by atoms with van der Waals surface area (Å²) in [7, 11) is -3.24. The van der Waals surface area contributed by atoms with Gasteiger partial charge in [-0.2, -0.15) is 0 Å². The molecule has 0 aliphatic heterocycles. The van der Waals surface area contributed by atoms with Crippen LogP contribution >= 0.6 is 0 Å². The highest BCUT2D eigenvalue weighted by Gasteiger charge is 2.20. The van der Waals surface area contributed by atoms with Gasteiger partial charge in [0.05, 0.1) is 23.0 Å². The van der Waals surface area contributed by atoms with Gasteiger partial charge >= 0.3 is 0 Å². The van der Waals surface area contributed by atoms with E-state index in [2.05, 4.69) is 48.5 Å². The molecule has 1 aromatic carbocycles. The third-order valence-electron chi connectivity index (χ3n) is 3.80. The molecule has 3 rings (SSSR count). The van der Waals surface area contributed by atoms with Crippen molar-refractivity contribution in [1.82, 2.24) is 9.22 Å². The average molecular weight is 373 g/mol. The lowest BCUT2D eigenvalue weighted by molar-refractivity contribution is 0.552. The molecule has 0 saturated heterocycles. The first-order chi connectivity index (χ1) is 11.5. The lowest BCUT2D eigenvalue weighted by Gasteiger charge is -2.19. The van der Waals surface area contributed by atoms with Crippen LogP contribution in [-0.4, -0.2) is 25.8 Å². The van der Waals surface area contributed by atoms with Crippen LogP contribution in [0.25, 0.3) is 22.2 Å². The second-order valence-corrected chi connectivity index (χ2v) is 17.5. The molecule has 3 aromatic rings. The van der Waals surface area contributed by atoms with Crippen LogP contribution in [0.1, 0.15) is 0 Å². The Hall–Kier alpha value is -2.13. The lowest BCUT2D eigenvalue weighted by Crippen LogP contribution is -2.30. The van der Waals surface area contributed by atoms with Gasteiger partial charge in [-0.05, 0) is 31.8 Å². The molecule has 0 aliphatic carbocycles. The number of nitrogens with zero attached hydrogens (tertiary/aromatic N) is 2. The molecule has 0 aliphatic rings. The molecule has 0 bridgehead atoms. The topological polar surface area (TPSA) is 57.3 Å². The van der Waals surface area contributed by atoms with Crippen molar-refractivity contribution in [3.05, 3.63) is 47.2 Å². The average Bonchev–Trinajstić information content (AvgIpc) is 2.95. The first kappa shape index (κ1) is 17.7. The molecule has 0 N–H and O–H groups in total. The highest BCUT2D eigenvalue weighted by molar-refractivity contribution is 6.74. The molecule has 7 heteroatoms. The van der Waals surface area contributed by atoms with Gasteiger partial charge in [-0.15, -0.1) is 0 Å². The fraction of sp³-hybridized carbons (Fsp3) is 0.333. The Kier molecular flexibility index (Phi) is 4.24. The summed E-state index contributed by atoms with van der Waals surface area (Å²) in [6.45, 7) is 13.0. The molecule has 0 saturated carbocycles. The summed E-state index contributed by atoms with van der Waals surface area (Å²) in [5, 5.41) is 0.544. The van der Waals surface area contributed by atoms with Gasteiger partial charge in [0.25, 0.3) is 0 Å². The van der Waals surface area contributed by atoms with Crippen LogP contribution in [0.5, 0.6) is 5.75 Å². The van der Waals surface area contributed by atoms with Crippen LogP contribution < -0.4 is 9.85 Å². The summed E-state index contributed by atoms with van der Waals surface area (Å²) < 4.78 is 13.8. The van der Waals surface area contributed by atoms with Crippen molar-refractivity contribution in [1.29, 1.82) is 0 Å². The van der Waals surface area contributed by atoms with Gasteiger partial charge in [0.2, 0.25) is 13.7 Å². The molecule has 132 valence electrons. The van der Waals surface area contributed by atoms with E-state index in [1.54, 1.807) is 18.5 Å². The van der Waals surface area contributed by atoms with E-state index >= 15 is 0 Å². The number of imidazole rings is 1. The number of rotatable bonds is 4. The Morgan fingerprint density at radius 2 is 1.84 bits per heavy atom. The maximum atomic E-state index is 12.9. The normalized spacial score (nSPS) is 12.6. The van der Waals surface area contributed by atoms with Crippen molar-refractivity contribution in [2.24, 2.45) is 0 Å². The summed E-state index contributed by atoms with van der Waals surface area (Å²) in [5.41, 5.74) is 1.61. The van der Waals surface area contributed by atoms with E-state index in [-0.39, 0.29) is 5.43 Å². The number of hydrogen-bond acceptors (Lipinski definition) is 4. The molecule has 0 radical (unpaired) electrons. The largest absolute Gasteiger partial charge is 0.544 e. The molecule has 0 fully saturated rings. The molecule has 0 amide bonds. The zero-order valence-electron chi connectivity index (χ0n) is 15.6. The number of fused-ring (bicyclic) bond motifs is 1. The Labute approximate surface area is 149 Å². The van der Waals surface area contributed by atoms with E-state index in [9.17, 15) is 4.79 Å². The van der Waals surface area contributed by atoms with Crippen molar-refractivity contribution in [2.75, 3.05) is 0 Å². The van der Waals surface area contributed by atoms with E-state index < -0.39 is 16.6 Å². The van der Waals surface area contributed by atoms with Crippen LogP contribution in [-0.2, 0) is 0 Å². The van der Waals surface area contributed by atoms with Gasteiger partial charge in [-0.1, -0.05) is 19.6 Å². The summed E-state index contributed by atoms with van der Waals surface area (Å²) in [6, 6.07) is 5.40. The van der Waals surface area contributed by atoms with E-state index in [0.29, 0.717) is 22.2 Å². The van der Waals surface area contributed by atoms with Crippen molar-refractivity contribution >= 4 is 27.5 Å². The minimum absolute atomic E-state index is 0.0679. The van der Waals surface area contributed by atoms with Crippen molar-refractivity contribution < 1.29 is 8.84 Å². The molecule has 0 spiro atoms. The van der Waals surface area contributed by atoms with Crippen molar-refractivity contribution in [3.63, 3.8) is 0 Å². The van der Waals surface area contributed by atoms with Gasteiger partial charge < -0.3 is 13.1 Å². The van der Waals surface area contributed by atoms with Crippen LogP contribution in [0.15, 0.2) is 46.2 Å². The van der Waals surface area contributed by atoms with E-state index in [1.807, 2.05) is 12.3 Å². The molecule has 5 nitrogen and oxygen atoms in total. The minimum atomic E-state index is -1.71. The minimum Gasteiger partial charge on any atom is -0.544 e. The fourth-order valence-corrected chi connectivity index (χ4v) is 4.28. The molecule has 2 aromatic heterocycles. The van der Waals surface area contributed by atoms with Crippen LogP contribution in [0.4, 0.5) is 0 Å². The lowest BCUT2D eigenvalue weighted by atomic mass is 10.1. The molecular formula is C18H24N2O3Si2. The highest BCUT2D eigenvalue weighted by Crippen LogP contribution is 2.24. The maximum absolute atomic E-state index is 12.9. The monoisotopic (exact) mass is 372 g/mol. The zero-order valence-corrected chi connectivity index (χ0v) is 17.6. The smallest absolute Gasteiger partial charge is 0.242 e. The molecular weight excluding hydrogens is 348 g/mol. The Morgan fingerprint density at radius 1 is 1.12 bits per heavy atom. The summed E-state index contributed by atoms with van der Waals surface area (Å²) in [5.74, 6) is 0.741. The quantitative estimate of drug-likeness (QED) is 0.630. The Morgan fingerprint density at radius 3 is 2.44 bits per heavy atom. The second kappa shape index (κ2) is 5.99. The summed E-state index contributed by atoms with van der Waals surface area (Å²) >= 11 is 0. The van der Waals surface area contributed by atoms with E-state index in [4.69, 9.17) is 8.84 Å². The van der Waals surface area contributed by atoms with Crippen molar-refractivity contribution in [2.45, 2.75) is 39.3 Å².